The van der Waals surface area contributed by atoms with Crippen LogP contribution in [0.3, 0.4) is 0 Å². The molecule has 0 radical (unpaired) electrons. The molecule has 2 N–H and O–H groups in total. The van der Waals surface area contributed by atoms with Crippen LogP contribution in [0.25, 0.3) is 0 Å². The molecule has 0 aromatic carbocycles. The summed E-state index contributed by atoms with van der Waals surface area (Å²) in [5.41, 5.74) is 0. The Bertz CT molecular complexity index is 248. The zero-order valence-corrected chi connectivity index (χ0v) is 7.93. The maximum absolute atomic E-state index is 9.17. The van der Waals surface area contributed by atoms with Crippen molar-refractivity contribution < 1.29 is 14.8 Å². The Hall–Kier alpha value is -0.870. The van der Waals surface area contributed by atoms with E-state index in [1.165, 1.54) is 0 Å². The van der Waals surface area contributed by atoms with Crippen molar-refractivity contribution in [2.75, 3.05) is 6.61 Å². The molecule has 0 amide bonds. The van der Waals surface area contributed by atoms with Gasteiger partial charge in [0.25, 0.3) is 0 Å². The molecule has 0 bridgehead atoms. The van der Waals surface area contributed by atoms with E-state index in [2.05, 4.69) is 11.5 Å². The SMILES string of the molecule is CCCn1cc[n+](CC(O)CO)c1. The first-order valence-electron chi connectivity index (χ1n) is 4.60. The van der Waals surface area contributed by atoms with E-state index in [9.17, 15) is 5.11 Å². The zero-order chi connectivity index (χ0) is 9.68. The molecular weight excluding hydrogens is 168 g/mol. The molecule has 0 saturated carbocycles. The lowest BCUT2D eigenvalue weighted by Crippen LogP contribution is -2.39. The van der Waals surface area contributed by atoms with Gasteiger partial charge in [-0.2, -0.15) is 0 Å². The van der Waals surface area contributed by atoms with Crippen molar-refractivity contribution in [1.29, 1.82) is 0 Å². The number of aryl methyl sites for hydroxylation is 1. The van der Waals surface area contributed by atoms with E-state index in [0.29, 0.717) is 6.54 Å². The Labute approximate surface area is 78.1 Å². The van der Waals surface area contributed by atoms with Crippen LogP contribution in [0, 0.1) is 0 Å². The lowest BCUT2D eigenvalue weighted by atomic mass is 10.4. The van der Waals surface area contributed by atoms with E-state index in [1.54, 1.807) is 0 Å². The predicted molar refractivity (Wildman–Crippen MR) is 48.0 cm³/mol. The van der Waals surface area contributed by atoms with Gasteiger partial charge in [-0.05, 0) is 6.42 Å². The molecule has 0 aliphatic rings. The molecule has 0 aliphatic carbocycles. The van der Waals surface area contributed by atoms with E-state index in [-0.39, 0.29) is 6.61 Å². The molecule has 0 fully saturated rings. The van der Waals surface area contributed by atoms with E-state index >= 15 is 0 Å². The third-order valence-corrected chi connectivity index (χ3v) is 1.86. The molecule has 0 saturated heterocycles. The minimum absolute atomic E-state index is 0.189. The van der Waals surface area contributed by atoms with E-state index in [1.807, 2.05) is 23.3 Å². The smallest absolute Gasteiger partial charge is 0.243 e. The molecule has 1 heterocycles. The minimum atomic E-state index is -0.664. The summed E-state index contributed by atoms with van der Waals surface area (Å²) in [6.45, 7) is 3.37. The van der Waals surface area contributed by atoms with E-state index in [0.717, 1.165) is 13.0 Å². The van der Waals surface area contributed by atoms with Gasteiger partial charge in [-0.15, -0.1) is 0 Å². The van der Waals surface area contributed by atoms with Gasteiger partial charge in [-0.1, -0.05) is 6.92 Å². The van der Waals surface area contributed by atoms with Crippen molar-refractivity contribution in [2.24, 2.45) is 0 Å². The summed E-state index contributed by atoms with van der Waals surface area (Å²) in [4.78, 5) is 0. The normalized spacial score (nSPS) is 13.2. The van der Waals surface area contributed by atoms with Crippen LogP contribution in [0.1, 0.15) is 13.3 Å². The molecule has 0 aliphatic heterocycles. The van der Waals surface area contributed by atoms with E-state index in [4.69, 9.17) is 5.11 Å². The summed E-state index contributed by atoms with van der Waals surface area (Å²) in [6, 6.07) is 0. The third kappa shape index (κ3) is 3.16. The number of aliphatic hydroxyl groups excluding tert-OH is 2. The highest BCUT2D eigenvalue weighted by atomic mass is 16.3. The Kier molecular flexibility index (Phi) is 3.92. The average Bonchev–Trinajstić information content (AvgIpc) is 2.53. The van der Waals surface area contributed by atoms with Gasteiger partial charge in [-0.3, -0.25) is 0 Å². The summed E-state index contributed by atoms with van der Waals surface area (Å²) >= 11 is 0. The van der Waals surface area contributed by atoms with Gasteiger partial charge in [0.15, 0.2) is 0 Å². The average molecular weight is 185 g/mol. The first kappa shape index (κ1) is 10.2. The summed E-state index contributed by atoms with van der Waals surface area (Å²) in [5.74, 6) is 0. The lowest BCUT2D eigenvalue weighted by molar-refractivity contribution is -0.703. The van der Waals surface area contributed by atoms with Crippen molar-refractivity contribution >= 4 is 0 Å². The topological polar surface area (TPSA) is 49.3 Å². The van der Waals surface area contributed by atoms with Gasteiger partial charge in [-0.25, -0.2) is 9.13 Å². The molecule has 4 nitrogen and oxygen atoms in total. The first-order valence-corrected chi connectivity index (χ1v) is 4.60. The highest BCUT2D eigenvalue weighted by molar-refractivity contribution is 4.65. The minimum Gasteiger partial charge on any atom is -0.394 e. The number of imidazole rings is 1. The van der Waals surface area contributed by atoms with Crippen molar-refractivity contribution in [2.45, 2.75) is 32.5 Å². The zero-order valence-electron chi connectivity index (χ0n) is 7.93. The molecule has 13 heavy (non-hydrogen) atoms. The van der Waals surface area contributed by atoms with Crippen LogP contribution >= 0.6 is 0 Å². The van der Waals surface area contributed by atoms with Gasteiger partial charge in [0, 0.05) is 0 Å². The highest BCUT2D eigenvalue weighted by Gasteiger charge is 2.08. The van der Waals surface area contributed by atoms with Gasteiger partial charge in [0.2, 0.25) is 6.33 Å². The standard InChI is InChI=1S/C9H17N2O2/c1-2-3-10-4-5-11(8-10)6-9(13)7-12/h4-5,8-9,12-13H,2-3,6-7H2,1H3/q+1. The number of rotatable bonds is 5. The number of hydrogen-bond acceptors (Lipinski definition) is 2. The molecule has 74 valence electrons. The Morgan fingerprint density at radius 1 is 1.54 bits per heavy atom. The molecular formula is C9H17N2O2+. The summed E-state index contributed by atoms with van der Waals surface area (Å²) in [6.07, 6.45) is 6.23. The van der Waals surface area contributed by atoms with Gasteiger partial charge < -0.3 is 10.2 Å². The molecule has 0 spiro atoms. The van der Waals surface area contributed by atoms with Crippen LogP contribution in [0.4, 0.5) is 0 Å². The Morgan fingerprint density at radius 3 is 2.92 bits per heavy atom. The van der Waals surface area contributed by atoms with Gasteiger partial charge in [0.05, 0.1) is 13.2 Å². The third-order valence-electron chi connectivity index (χ3n) is 1.86. The second kappa shape index (κ2) is 4.99. The highest BCUT2D eigenvalue weighted by Crippen LogP contribution is 1.89. The summed E-state index contributed by atoms with van der Waals surface area (Å²) < 4.78 is 3.93. The number of aromatic nitrogens is 2. The number of nitrogens with zero attached hydrogens (tertiary/aromatic N) is 2. The summed E-state index contributed by atoms with van der Waals surface area (Å²) in [5, 5.41) is 17.8. The van der Waals surface area contributed by atoms with Crippen LogP contribution < -0.4 is 4.57 Å². The molecule has 1 unspecified atom stereocenters. The lowest BCUT2D eigenvalue weighted by Gasteiger charge is -2.01. The fourth-order valence-electron chi connectivity index (χ4n) is 1.24. The van der Waals surface area contributed by atoms with Crippen LogP contribution in [-0.4, -0.2) is 27.5 Å². The molecule has 4 heteroatoms. The monoisotopic (exact) mass is 185 g/mol. The van der Waals surface area contributed by atoms with Crippen LogP contribution in [0.15, 0.2) is 18.7 Å². The van der Waals surface area contributed by atoms with Gasteiger partial charge in [0.1, 0.15) is 25.0 Å². The van der Waals surface area contributed by atoms with Crippen LogP contribution in [0.2, 0.25) is 0 Å². The second-order valence-electron chi connectivity index (χ2n) is 3.18. The first-order chi connectivity index (χ1) is 6.26. The maximum Gasteiger partial charge on any atom is 0.243 e. The van der Waals surface area contributed by atoms with Crippen LogP contribution in [0.5, 0.6) is 0 Å². The van der Waals surface area contributed by atoms with Gasteiger partial charge >= 0.3 is 0 Å². The van der Waals surface area contributed by atoms with Crippen molar-refractivity contribution in [3.8, 4) is 0 Å². The predicted octanol–water partition coefficient (Wildman–Crippen LogP) is -0.461. The quantitative estimate of drug-likeness (QED) is 0.610. The van der Waals surface area contributed by atoms with Crippen molar-refractivity contribution in [3.63, 3.8) is 0 Å². The molecule has 1 rings (SSSR count). The van der Waals surface area contributed by atoms with E-state index < -0.39 is 6.10 Å². The molecule has 1 aromatic heterocycles. The Morgan fingerprint density at radius 2 is 2.31 bits per heavy atom. The molecule has 1 aromatic rings. The largest absolute Gasteiger partial charge is 0.394 e. The second-order valence-corrected chi connectivity index (χ2v) is 3.18. The number of aliphatic hydroxyl groups is 2. The van der Waals surface area contributed by atoms with Crippen LogP contribution in [-0.2, 0) is 13.1 Å². The fourth-order valence-corrected chi connectivity index (χ4v) is 1.24. The number of hydrogen-bond donors (Lipinski definition) is 2. The molecule has 1 atom stereocenters. The fraction of sp³-hybridized carbons (Fsp3) is 0.667. The van der Waals surface area contributed by atoms with Crippen molar-refractivity contribution in [3.05, 3.63) is 18.7 Å². The van der Waals surface area contributed by atoms with Crippen molar-refractivity contribution in [1.82, 2.24) is 4.57 Å². The Balaban J connectivity index is 2.48. The summed E-state index contributed by atoms with van der Waals surface area (Å²) in [7, 11) is 0. The maximum atomic E-state index is 9.17.